The second kappa shape index (κ2) is 8.09. The largest absolute Gasteiger partial charge is 0.495 e. The van der Waals surface area contributed by atoms with E-state index in [2.05, 4.69) is 16.2 Å². The van der Waals surface area contributed by atoms with Gasteiger partial charge in [0.1, 0.15) is 18.0 Å². The Labute approximate surface area is 155 Å². The van der Waals surface area contributed by atoms with Gasteiger partial charge in [-0.15, -0.1) is 0 Å². The lowest BCUT2D eigenvalue weighted by molar-refractivity contribution is -0.125. The summed E-state index contributed by atoms with van der Waals surface area (Å²) in [7, 11) is 1.48. The van der Waals surface area contributed by atoms with Gasteiger partial charge in [-0.3, -0.25) is 19.9 Å². The molecule has 140 valence electrons. The Balaban J connectivity index is 1.55. The lowest BCUT2D eigenvalue weighted by Gasteiger charge is -2.28. The third-order valence-electron chi connectivity index (χ3n) is 3.78. The number of methoxy groups -OCH3 is 1. The molecule has 2 aromatic rings. The molecule has 9 heteroatoms. The molecule has 2 aromatic carbocycles. The summed E-state index contributed by atoms with van der Waals surface area (Å²) >= 11 is 0. The highest BCUT2D eigenvalue weighted by atomic mass is 16.5. The average molecular weight is 370 g/mol. The number of nitrogens with one attached hydrogen (secondary N) is 3. The van der Waals surface area contributed by atoms with E-state index in [9.17, 15) is 14.4 Å². The molecule has 3 rings (SSSR count). The van der Waals surface area contributed by atoms with Gasteiger partial charge in [-0.05, 0) is 24.3 Å². The summed E-state index contributed by atoms with van der Waals surface area (Å²) < 4.78 is 10.5. The van der Waals surface area contributed by atoms with Crippen molar-refractivity contribution in [2.45, 2.75) is 0 Å². The molecule has 0 aliphatic carbocycles. The summed E-state index contributed by atoms with van der Waals surface area (Å²) in [5.41, 5.74) is 5.45. The Morgan fingerprint density at radius 2 is 1.85 bits per heavy atom. The van der Waals surface area contributed by atoms with Crippen molar-refractivity contribution in [1.82, 2.24) is 10.9 Å². The first-order valence-electron chi connectivity index (χ1n) is 8.09. The first-order chi connectivity index (χ1) is 13.1. The van der Waals surface area contributed by atoms with E-state index in [-0.39, 0.29) is 19.1 Å². The predicted molar refractivity (Wildman–Crippen MR) is 97.6 cm³/mol. The molecule has 0 unspecified atom stereocenters. The minimum atomic E-state index is -0.651. The van der Waals surface area contributed by atoms with Gasteiger partial charge in [-0.25, -0.2) is 10.2 Å². The number of benzene rings is 2. The summed E-state index contributed by atoms with van der Waals surface area (Å²) in [5.74, 6) is 0.0961. The van der Waals surface area contributed by atoms with Crippen molar-refractivity contribution in [3.8, 4) is 11.5 Å². The van der Waals surface area contributed by atoms with Crippen molar-refractivity contribution < 1.29 is 23.9 Å². The second-order valence-electron chi connectivity index (χ2n) is 5.56. The van der Waals surface area contributed by atoms with Gasteiger partial charge < -0.3 is 14.8 Å². The molecule has 0 bridgehead atoms. The number of hydrogen-bond acceptors (Lipinski definition) is 5. The Morgan fingerprint density at radius 1 is 1.11 bits per heavy atom. The normalized spacial score (nSPS) is 12.5. The van der Waals surface area contributed by atoms with E-state index in [1.807, 2.05) is 0 Å². The van der Waals surface area contributed by atoms with Gasteiger partial charge >= 0.3 is 6.03 Å². The minimum Gasteiger partial charge on any atom is -0.495 e. The van der Waals surface area contributed by atoms with Crippen molar-refractivity contribution in [1.29, 1.82) is 0 Å². The fourth-order valence-electron chi connectivity index (χ4n) is 2.54. The van der Waals surface area contributed by atoms with Crippen LogP contribution in [-0.2, 0) is 9.59 Å². The molecule has 0 radical (unpaired) electrons. The molecule has 4 amide bonds. The van der Waals surface area contributed by atoms with Crippen LogP contribution in [0.2, 0.25) is 0 Å². The van der Waals surface area contributed by atoms with Gasteiger partial charge in [0.2, 0.25) is 0 Å². The van der Waals surface area contributed by atoms with E-state index in [0.29, 0.717) is 22.9 Å². The third-order valence-corrected chi connectivity index (χ3v) is 3.78. The van der Waals surface area contributed by atoms with E-state index in [4.69, 9.17) is 9.47 Å². The summed E-state index contributed by atoms with van der Waals surface area (Å²) in [4.78, 5) is 37.4. The number of nitrogens with zero attached hydrogens (tertiary/aromatic N) is 1. The zero-order valence-electron chi connectivity index (χ0n) is 14.5. The quantitative estimate of drug-likeness (QED) is 0.703. The number of rotatable bonds is 4. The number of amides is 4. The maximum absolute atomic E-state index is 12.1. The smallest absolute Gasteiger partial charge is 0.338 e. The fourth-order valence-corrected chi connectivity index (χ4v) is 2.54. The second-order valence-corrected chi connectivity index (χ2v) is 5.56. The number of hydrogen-bond donors (Lipinski definition) is 3. The van der Waals surface area contributed by atoms with Crippen LogP contribution >= 0.6 is 0 Å². The van der Waals surface area contributed by atoms with E-state index >= 15 is 0 Å². The molecule has 1 aliphatic rings. The zero-order valence-corrected chi connectivity index (χ0v) is 14.5. The average Bonchev–Trinajstić information content (AvgIpc) is 2.69. The first-order valence-corrected chi connectivity index (χ1v) is 8.09. The zero-order chi connectivity index (χ0) is 19.2. The molecule has 27 heavy (non-hydrogen) atoms. The SMILES string of the molecule is COc1ccccc1NC(=O)NNC(=O)CN1C(=O)COc2ccccc21. The number of carbonyl (C=O) groups is 3. The standard InChI is InChI=1S/C18H18N4O5/c1-26-14-8-4-2-6-12(14)19-18(25)21-20-16(23)10-22-13-7-3-5-9-15(13)27-11-17(22)24/h2-9H,10-11H2,1H3,(H,20,23)(H2,19,21,25). The third kappa shape index (κ3) is 4.27. The van der Waals surface area contributed by atoms with Gasteiger partial charge in [-0.2, -0.15) is 0 Å². The van der Waals surface area contributed by atoms with Gasteiger partial charge in [0.05, 0.1) is 18.5 Å². The number of carbonyl (C=O) groups excluding carboxylic acids is 3. The summed E-state index contributed by atoms with van der Waals surface area (Å²) in [6, 6.07) is 13.1. The number of ether oxygens (including phenoxy) is 2. The Hall–Kier alpha value is -3.75. The summed E-state index contributed by atoms with van der Waals surface area (Å²) in [6.45, 7) is -0.403. The van der Waals surface area contributed by atoms with Crippen LogP contribution in [0.4, 0.5) is 16.2 Å². The topological polar surface area (TPSA) is 109 Å². The highest BCUT2D eigenvalue weighted by Gasteiger charge is 2.27. The molecule has 0 saturated carbocycles. The molecule has 3 N–H and O–H groups in total. The molecular formula is C18H18N4O5. The van der Waals surface area contributed by atoms with Crippen LogP contribution < -0.4 is 30.5 Å². The van der Waals surface area contributed by atoms with Crippen molar-refractivity contribution in [2.75, 3.05) is 30.5 Å². The van der Waals surface area contributed by atoms with Gasteiger partial charge in [0.25, 0.3) is 11.8 Å². The molecule has 0 saturated heterocycles. The Bertz CT molecular complexity index is 870. The van der Waals surface area contributed by atoms with Crippen molar-refractivity contribution >= 4 is 29.2 Å². The lowest BCUT2D eigenvalue weighted by Crippen LogP contribution is -2.50. The highest BCUT2D eigenvalue weighted by Crippen LogP contribution is 2.31. The number of anilines is 2. The van der Waals surface area contributed by atoms with Gasteiger partial charge in [0.15, 0.2) is 6.61 Å². The Morgan fingerprint density at radius 3 is 2.67 bits per heavy atom. The van der Waals surface area contributed by atoms with Crippen molar-refractivity contribution in [2.24, 2.45) is 0 Å². The maximum atomic E-state index is 12.1. The number of para-hydroxylation sites is 4. The molecule has 0 fully saturated rings. The van der Waals surface area contributed by atoms with Crippen LogP contribution in [0.5, 0.6) is 11.5 Å². The number of urea groups is 1. The molecular weight excluding hydrogens is 352 g/mol. The van der Waals surface area contributed by atoms with Crippen LogP contribution in [-0.4, -0.2) is 38.1 Å². The van der Waals surface area contributed by atoms with Crippen molar-refractivity contribution in [3.05, 3.63) is 48.5 Å². The molecule has 0 atom stereocenters. The van der Waals surface area contributed by atoms with Crippen LogP contribution in [0.25, 0.3) is 0 Å². The molecule has 0 spiro atoms. The van der Waals surface area contributed by atoms with E-state index in [1.54, 1.807) is 48.5 Å². The lowest BCUT2D eigenvalue weighted by atomic mass is 10.2. The molecule has 1 heterocycles. The van der Waals surface area contributed by atoms with Crippen LogP contribution in [0.3, 0.4) is 0 Å². The minimum absolute atomic E-state index is 0.147. The van der Waals surface area contributed by atoms with E-state index < -0.39 is 11.9 Å². The Kier molecular flexibility index (Phi) is 5.41. The van der Waals surface area contributed by atoms with Crippen molar-refractivity contribution in [3.63, 3.8) is 0 Å². The van der Waals surface area contributed by atoms with E-state index in [0.717, 1.165) is 0 Å². The van der Waals surface area contributed by atoms with Gasteiger partial charge in [-0.1, -0.05) is 24.3 Å². The number of fused-ring (bicyclic) bond motifs is 1. The predicted octanol–water partition coefficient (Wildman–Crippen LogP) is 1.27. The maximum Gasteiger partial charge on any atom is 0.338 e. The monoisotopic (exact) mass is 370 g/mol. The van der Waals surface area contributed by atoms with Gasteiger partial charge in [0, 0.05) is 0 Å². The summed E-state index contributed by atoms with van der Waals surface area (Å²) in [5, 5.41) is 2.55. The van der Waals surface area contributed by atoms with E-state index in [1.165, 1.54) is 12.0 Å². The molecule has 1 aliphatic heterocycles. The molecule has 0 aromatic heterocycles. The van der Waals surface area contributed by atoms with Crippen LogP contribution in [0.15, 0.2) is 48.5 Å². The first kappa shape index (κ1) is 18.1. The highest BCUT2D eigenvalue weighted by molar-refractivity contribution is 6.02. The van der Waals surface area contributed by atoms with Crippen LogP contribution in [0.1, 0.15) is 0 Å². The fraction of sp³-hybridized carbons (Fsp3) is 0.167. The number of hydrazine groups is 1. The van der Waals surface area contributed by atoms with Crippen LogP contribution in [0, 0.1) is 0 Å². The summed E-state index contributed by atoms with van der Waals surface area (Å²) in [6.07, 6.45) is 0. The molecule has 9 nitrogen and oxygen atoms in total.